The summed E-state index contributed by atoms with van der Waals surface area (Å²) in [7, 11) is 0. The third-order valence-corrected chi connectivity index (χ3v) is 3.59. The minimum atomic E-state index is 0.805. The van der Waals surface area contributed by atoms with Gasteiger partial charge in [0.1, 0.15) is 0 Å². The van der Waals surface area contributed by atoms with Gasteiger partial charge < -0.3 is 10.2 Å². The summed E-state index contributed by atoms with van der Waals surface area (Å²) in [6.45, 7) is 8.12. The topological polar surface area (TPSA) is 56.8 Å². The Bertz CT molecular complexity index is 549. The van der Waals surface area contributed by atoms with E-state index in [1.165, 1.54) is 11.1 Å². The van der Waals surface area contributed by atoms with Crippen molar-refractivity contribution in [3.8, 4) is 11.4 Å². The van der Waals surface area contributed by atoms with Crippen molar-refractivity contribution in [2.75, 3.05) is 31.1 Å². The van der Waals surface area contributed by atoms with Crippen LogP contribution in [0, 0.1) is 13.8 Å². The Kier molecular flexibility index (Phi) is 3.21. The molecule has 5 heteroatoms. The highest BCUT2D eigenvalue weighted by Crippen LogP contribution is 2.25. The lowest BCUT2D eigenvalue weighted by atomic mass is 10.0. The SMILES string of the molecule is Cc1cccc(C)c1-c1nc(N2CCNCC2)n[nH]1. The molecule has 1 aromatic carbocycles. The average molecular weight is 257 g/mol. The minimum Gasteiger partial charge on any atom is -0.337 e. The molecule has 1 fully saturated rings. The van der Waals surface area contributed by atoms with Crippen LogP contribution in [-0.4, -0.2) is 41.4 Å². The van der Waals surface area contributed by atoms with Crippen molar-refractivity contribution in [1.29, 1.82) is 0 Å². The number of nitrogens with one attached hydrogen (secondary N) is 2. The van der Waals surface area contributed by atoms with Gasteiger partial charge in [0.25, 0.3) is 0 Å². The van der Waals surface area contributed by atoms with Gasteiger partial charge in [0.05, 0.1) is 0 Å². The number of benzene rings is 1. The Hall–Kier alpha value is -1.88. The summed E-state index contributed by atoms with van der Waals surface area (Å²) >= 11 is 0. The first-order valence-electron chi connectivity index (χ1n) is 6.70. The molecule has 100 valence electrons. The molecule has 2 aromatic rings. The lowest BCUT2D eigenvalue weighted by Crippen LogP contribution is -2.44. The third-order valence-electron chi connectivity index (χ3n) is 3.59. The molecule has 2 N–H and O–H groups in total. The van der Waals surface area contributed by atoms with Crippen molar-refractivity contribution >= 4 is 5.95 Å². The fourth-order valence-corrected chi connectivity index (χ4v) is 2.56. The van der Waals surface area contributed by atoms with Gasteiger partial charge in [0.15, 0.2) is 5.82 Å². The molecule has 0 aliphatic carbocycles. The number of H-pyrrole nitrogens is 1. The predicted octanol–water partition coefficient (Wildman–Crippen LogP) is 1.50. The summed E-state index contributed by atoms with van der Waals surface area (Å²) < 4.78 is 0. The van der Waals surface area contributed by atoms with E-state index in [4.69, 9.17) is 0 Å². The zero-order valence-electron chi connectivity index (χ0n) is 11.4. The number of aromatic amines is 1. The van der Waals surface area contributed by atoms with Crippen LogP contribution in [0.4, 0.5) is 5.95 Å². The minimum absolute atomic E-state index is 0.805. The van der Waals surface area contributed by atoms with Gasteiger partial charge in [-0.25, -0.2) is 0 Å². The number of hydrogen-bond donors (Lipinski definition) is 2. The van der Waals surface area contributed by atoms with Crippen LogP contribution in [0.5, 0.6) is 0 Å². The highest BCUT2D eigenvalue weighted by molar-refractivity contribution is 5.65. The molecule has 3 rings (SSSR count). The predicted molar refractivity (Wildman–Crippen MR) is 76.4 cm³/mol. The molecule has 5 nitrogen and oxygen atoms in total. The molecule has 1 aliphatic rings. The standard InChI is InChI=1S/C14H19N5/c1-10-4-3-5-11(2)12(10)13-16-14(18-17-13)19-8-6-15-7-9-19/h3-5,15H,6-9H2,1-2H3,(H,16,17,18). The second-order valence-corrected chi connectivity index (χ2v) is 4.99. The van der Waals surface area contributed by atoms with Crippen LogP contribution >= 0.6 is 0 Å². The molecule has 0 unspecified atom stereocenters. The Labute approximate surface area is 113 Å². The number of piperazine rings is 1. The van der Waals surface area contributed by atoms with Gasteiger partial charge in [-0.3, -0.25) is 5.10 Å². The Morgan fingerprint density at radius 2 is 1.79 bits per heavy atom. The van der Waals surface area contributed by atoms with Gasteiger partial charge in [-0.2, -0.15) is 4.98 Å². The van der Waals surface area contributed by atoms with E-state index >= 15 is 0 Å². The molecule has 0 amide bonds. The van der Waals surface area contributed by atoms with Crippen LogP contribution in [0.2, 0.25) is 0 Å². The molecule has 0 radical (unpaired) electrons. The number of nitrogens with zero attached hydrogens (tertiary/aromatic N) is 3. The normalized spacial score (nSPS) is 15.8. The fourth-order valence-electron chi connectivity index (χ4n) is 2.56. The molecular weight excluding hydrogens is 238 g/mol. The summed E-state index contributed by atoms with van der Waals surface area (Å²) in [4.78, 5) is 6.87. The maximum absolute atomic E-state index is 4.66. The summed E-state index contributed by atoms with van der Waals surface area (Å²) in [6, 6.07) is 6.28. The summed E-state index contributed by atoms with van der Waals surface area (Å²) in [5.41, 5.74) is 3.61. The van der Waals surface area contributed by atoms with E-state index in [0.717, 1.165) is 43.5 Å². The molecular formula is C14H19N5. The number of rotatable bonds is 2. The fraction of sp³-hybridized carbons (Fsp3) is 0.429. The average Bonchev–Trinajstić information content (AvgIpc) is 2.89. The number of anilines is 1. The van der Waals surface area contributed by atoms with Crippen LogP contribution in [0.1, 0.15) is 11.1 Å². The molecule has 0 spiro atoms. The van der Waals surface area contributed by atoms with E-state index in [2.05, 4.69) is 57.4 Å². The summed E-state index contributed by atoms with van der Waals surface area (Å²) in [5, 5.41) is 10.8. The van der Waals surface area contributed by atoms with E-state index in [9.17, 15) is 0 Å². The van der Waals surface area contributed by atoms with Crippen LogP contribution in [0.25, 0.3) is 11.4 Å². The molecule has 19 heavy (non-hydrogen) atoms. The molecule has 0 saturated carbocycles. The highest BCUT2D eigenvalue weighted by Gasteiger charge is 2.16. The van der Waals surface area contributed by atoms with Gasteiger partial charge in [-0.15, -0.1) is 5.10 Å². The molecule has 0 atom stereocenters. The van der Waals surface area contributed by atoms with Gasteiger partial charge >= 0.3 is 0 Å². The second-order valence-electron chi connectivity index (χ2n) is 4.99. The van der Waals surface area contributed by atoms with E-state index < -0.39 is 0 Å². The Balaban J connectivity index is 1.92. The largest absolute Gasteiger partial charge is 0.337 e. The molecule has 1 aromatic heterocycles. The lowest BCUT2D eigenvalue weighted by molar-refractivity contribution is 0.580. The maximum atomic E-state index is 4.66. The molecule has 1 aliphatic heterocycles. The Morgan fingerprint density at radius 3 is 2.47 bits per heavy atom. The number of hydrogen-bond acceptors (Lipinski definition) is 4. The highest BCUT2D eigenvalue weighted by atomic mass is 15.4. The molecule has 2 heterocycles. The van der Waals surface area contributed by atoms with Crippen molar-refractivity contribution in [3.63, 3.8) is 0 Å². The maximum Gasteiger partial charge on any atom is 0.245 e. The van der Waals surface area contributed by atoms with Crippen molar-refractivity contribution in [3.05, 3.63) is 29.3 Å². The van der Waals surface area contributed by atoms with Gasteiger partial charge in [0.2, 0.25) is 5.95 Å². The van der Waals surface area contributed by atoms with Gasteiger partial charge in [0, 0.05) is 31.7 Å². The smallest absolute Gasteiger partial charge is 0.245 e. The summed E-state index contributed by atoms with van der Waals surface area (Å²) in [6.07, 6.45) is 0. The molecule has 1 saturated heterocycles. The van der Waals surface area contributed by atoms with E-state index in [0.29, 0.717) is 0 Å². The lowest BCUT2D eigenvalue weighted by Gasteiger charge is -2.25. The first-order chi connectivity index (χ1) is 9.25. The van der Waals surface area contributed by atoms with E-state index in [1.807, 2.05) is 0 Å². The second kappa shape index (κ2) is 5.01. The van der Waals surface area contributed by atoms with Crippen molar-refractivity contribution in [2.45, 2.75) is 13.8 Å². The van der Waals surface area contributed by atoms with Crippen LogP contribution in [0.15, 0.2) is 18.2 Å². The van der Waals surface area contributed by atoms with Gasteiger partial charge in [-0.1, -0.05) is 18.2 Å². The van der Waals surface area contributed by atoms with Crippen LogP contribution < -0.4 is 10.2 Å². The van der Waals surface area contributed by atoms with Crippen molar-refractivity contribution in [2.24, 2.45) is 0 Å². The van der Waals surface area contributed by atoms with Crippen LogP contribution in [0.3, 0.4) is 0 Å². The van der Waals surface area contributed by atoms with E-state index in [-0.39, 0.29) is 0 Å². The number of aryl methyl sites for hydroxylation is 2. The monoisotopic (exact) mass is 257 g/mol. The Morgan fingerprint density at radius 1 is 1.11 bits per heavy atom. The zero-order chi connectivity index (χ0) is 13.2. The number of aromatic nitrogens is 3. The van der Waals surface area contributed by atoms with E-state index in [1.54, 1.807) is 0 Å². The zero-order valence-corrected chi connectivity index (χ0v) is 11.4. The first-order valence-corrected chi connectivity index (χ1v) is 6.70. The van der Waals surface area contributed by atoms with Crippen molar-refractivity contribution in [1.82, 2.24) is 20.5 Å². The molecule has 0 bridgehead atoms. The van der Waals surface area contributed by atoms with Crippen LogP contribution in [-0.2, 0) is 0 Å². The van der Waals surface area contributed by atoms with Crippen molar-refractivity contribution < 1.29 is 0 Å². The summed E-state index contributed by atoms with van der Waals surface area (Å²) in [5.74, 6) is 1.67. The first kappa shape index (κ1) is 12.2. The van der Waals surface area contributed by atoms with Gasteiger partial charge in [-0.05, 0) is 25.0 Å². The quantitative estimate of drug-likeness (QED) is 0.856. The third kappa shape index (κ3) is 2.33.